The molecule has 0 aliphatic heterocycles. The summed E-state index contributed by atoms with van der Waals surface area (Å²) < 4.78 is 37.4. The van der Waals surface area contributed by atoms with Crippen molar-refractivity contribution >= 4 is 44.4 Å². The molecule has 0 saturated heterocycles. The summed E-state index contributed by atoms with van der Waals surface area (Å²) >= 11 is 0. The van der Waals surface area contributed by atoms with Crippen LogP contribution < -0.4 is 41.8 Å². The number of carbonyl (C=O) groups excluding carboxylic acids is 1. The topological polar surface area (TPSA) is 187 Å². The van der Waals surface area contributed by atoms with Gasteiger partial charge in [0.05, 0.1) is 48.9 Å². The molecule has 0 aliphatic carbocycles. The van der Waals surface area contributed by atoms with Crippen LogP contribution in [0.2, 0.25) is 0 Å². The summed E-state index contributed by atoms with van der Waals surface area (Å²) in [6.07, 6.45) is 3.89. The average molecular weight is 650 g/mol. The Bertz CT molecular complexity index is 1790. The van der Waals surface area contributed by atoms with Crippen LogP contribution in [0.4, 0.5) is 22.7 Å². The van der Waals surface area contributed by atoms with Crippen molar-refractivity contribution in [1.29, 1.82) is 0 Å². The monoisotopic (exact) mass is 649 g/mol. The van der Waals surface area contributed by atoms with E-state index in [1.165, 1.54) is 24.5 Å². The molecule has 3 rings (SSSR count). The normalized spacial score (nSPS) is 12.8. The number of carbonyl (C=O) groups is 1. The summed E-state index contributed by atoms with van der Waals surface area (Å²) in [6, 6.07) is 15.7. The Balaban J connectivity index is 1.94. The van der Waals surface area contributed by atoms with Gasteiger partial charge in [0.25, 0.3) is 5.91 Å². The molecular weight excluding hydrogens is 606 g/mol. The number of ether oxygens (including phenoxy) is 2. The molecule has 0 saturated carbocycles. The molecule has 0 radical (unpaired) electrons. The van der Waals surface area contributed by atoms with Crippen LogP contribution in [0.25, 0.3) is 0 Å². The van der Waals surface area contributed by atoms with Crippen molar-refractivity contribution in [3.63, 3.8) is 0 Å². The maximum atomic E-state index is 13.6. The van der Waals surface area contributed by atoms with E-state index in [2.05, 4.69) is 15.0 Å². The Morgan fingerprint density at radius 3 is 2.17 bits per heavy atom. The third kappa shape index (κ3) is 9.02. The van der Waals surface area contributed by atoms with Gasteiger partial charge in [-0.05, 0) is 78.9 Å². The third-order valence-corrected chi connectivity index (χ3v) is 7.56. The van der Waals surface area contributed by atoms with Gasteiger partial charge in [-0.25, -0.2) is 14.3 Å². The molecule has 1 amide bonds. The lowest BCUT2D eigenvalue weighted by molar-refractivity contribution is 0.102. The average Bonchev–Trinajstić information content (AvgIpc) is 2.96. The standard InChI is InChI=1S/C33H43N7O5S/c1-20-9-10-22(32(41)38-28-16-23(33(3,4)5)17-29(31(28)45-7)39-46(8,42)43)15-30(20)40(36)19-27(35)26(18-34)21(2)37-24-11-13-25(44-6)14-12-24/h9-19,39H,34-36H2,1-8H3,(H,38,41)/b26-18?,27-19-,37-21?. The smallest absolute Gasteiger partial charge is 0.255 e. The van der Waals surface area contributed by atoms with Gasteiger partial charge in [-0.15, -0.1) is 0 Å². The van der Waals surface area contributed by atoms with Crippen molar-refractivity contribution in [2.24, 2.45) is 22.3 Å². The van der Waals surface area contributed by atoms with Crippen LogP contribution in [0.1, 0.15) is 49.2 Å². The summed E-state index contributed by atoms with van der Waals surface area (Å²) in [5.41, 5.74) is 16.8. The minimum absolute atomic E-state index is 0.169. The summed E-state index contributed by atoms with van der Waals surface area (Å²) in [5.74, 6) is 6.84. The van der Waals surface area contributed by atoms with Crippen LogP contribution >= 0.6 is 0 Å². The maximum absolute atomic E-state index is 13.6. The van der Waals surface area contributed by atoms with E-state index in [0.717, 1.165) is 17.4 Å². The largest absolute Gasteiger partial charge is 0.497 e. The van der Waals surface area contributed by atoms with Gasteiger partial charge in [0, 0.05) is 29.2 Å². The lowest BCUT2D eigenvalue weighted by Gasteiger charge is -2.24. The zero-order valence-corrected chi connectivity index (χ0v) is 28.2. The van der Waals surface area contributed by atoms with E-state index in [4.69, 9.17) is 26.8 Å². The maximum Gasteiger partial charge on any atom is 0.255 e. The first kappa shape index (κ1) is 35.5. The van der Waals surface area contributed by atoms with Crippen molar-refractivity contribution in [3.05, 3.63) is 95.0 Å². The van der Waals surface area contributed by atoms with E-state index in [1.807, 2.05) is 39.8 Å². The number of amides is 1. The number of sulfonamides is 1. The van der Waals surface area contributed by atoms with Crippen LogP contribution in [0.5, 0.6) is 11.5 Å². The number of hydrogen-bond acceptors (Lipinski definition) is 10. The predicted octanol–water partition coefficient (Wildman–Crippen LogP) is 5.05. The Morgan fingerprint density at radius 2 is 1.63 bits per heavy atom. The molecule has 3 aromatic rings. The second-order valence-corrected chi connectivity index (χ2v) is 13.4. The van der Waals surface area contributed by atoms with Gasteiger partial charge in [-0.2, -0.15) is 0 Å². The van der Waals surface area contributed by atoms with Crippen LogP contribution in [-0.4, -0.2) is 40.5 Å². The van der Waals surface area contributed by atoms with Crippen LogP contribution in [0.3, 0.4) is 0 Å². The first-order chi connectivity index (χ1) is 21.5. The Labute approximate surface area is 271 Å². The van der Waals surface area contributed by atoms with Crippen LogP contribution in [-0.2, 0) is 15.4 Å². The zero-order valence-electron chi connectivity index (χ0n) is 27.4. The van der Waals surface area contributed by atoms with Crippen LogP contribution in [0.15, 0.2) is 83.3 Å². The van der Waals surface area contributed by atoms with Crippen molar-refractivity contribution in [2.45, 2.75) is 40.0 Å². The van der Waals surface area contributed by atoms with E-state index in [9.17, 15) is 13.2 Å². The fourth-order valence-corrected chi connectivity index (χ4v) is 5.05. The number of allylic oxidation sites excluding steroid dienone is 1. The summed E-state index contributed by atoms with van der Waals surface area (Å²) in [5, 5.41) is 4.17. The van der Waals surface area contributed by atoms with Gasteiger partial charge >= 0.3 is 0 Å². The van der Waals surface area contributed by atoms with E-state index in [1.54, 1.807) is 56.5 Å². The molecule has 0 aliphatic rings. The molecule has 246 valence electrons. The molecule has 0 bridgehead atoms. The molecular formula is C33H43N7O5S. The van der Waals surface area contributed by atoms with E-state index >= 15 is 0 Å². The number of nitrogens with zero attached hydrogens (tertiary/aromatic N) is 2. The zero-order chi connectivity index (χ0) is 34.4. The summed E-state index contributed by atoms with van der Waals surface area (Å²) in [4.78, 5) is 18.1. The Kier molecular flexibility index (Phi) is 11.1. The quantitative estimate of drug-likeness (QED) is 0.0820. The lowest BCUT2D eigenvalue weighted by atomic mass is 9.86. The molecule has 0 aromatic heterocycles. The minimum atomic E-state index is -3.63. The fraction of sp³-hybridized carbons (Fsp3) is 0.273. The highest BCUT2D eigenvalue weighted by atomic mass is 32.2. The summed E-state index contributed by atoms with van der Waals surface area (Å²) in [7, 11) is -0.645. The highest BCUT2D eigenvalue weighted by Crippen LogP contribution is 2.39. The molecule has 0 spiro atoms. The second-order valence-electron chi connectivity index (χ2n) is 11.7. The van der Waals surface area contributed by atoms with E-state index in [-0.39, 0.29) is 28.1 Å². The third-order valence-electron chi connectivity index (χ3n) is 6.97. The number of hydrogen-bond donors (Lipinski definition) is 5. The van der Waals surface area contributed by atoms with E-state index in [0.29, 0.717) is 34.1 Å². The number of aliphatic imine (C=N–C) groups is 1. The van der Waals surface area contributed by atoms with Crippen LogP contribution in [0, 0.1) is 6.92 Å². The van der Waals surface area contributed by atoms with Crippen molar-refractivity contribution in [3.8, 4) is 11.5 Å². The molecule has 12 nitrogen and oxygen atoms in total. The predicted molar refractivity (Wildman–Crippen MR) is 186 cm³/mol. The first-order valence-corrected chi connectivity index (χ1v) is 16.1. The highest BCUT2D eigenvalue weighted by Gasteiger charge is 2.23. The van der Waals surface area contributed by atoms with Crippen molar-refractivity contribution < 1.29 is 22.7 Å². The molecule has 0 heterocycles. The Hall–Kier alpha value is -5.01. The fourth-order valence-electron chi connectivity index (χ4n) is 4.50. The molecule has 0 fully saturated rings. The molecule has 46 heavy (non-hydrogen) atoms. The molecule has 0 unspecified atom stereocenters. The number of nitrogens with two attached hydrogens (primary N) is 3. The highest BCUT2D eigenvalue weighted by molar-refractivity contribution is 7.92. The number of anilines is 3. The summed E-state index contributed by atoms with van der Waals surface area (Å²) in [6.45, 7) is 9.55. The van der Waals surface area contributed by atoms with Gasteiger partial charge in [0.1, 0.15) is 5.75 Å². The lowest BCUT2D eigenvalue weighted by Crippen LogP contribution is -2.28. The number of rotatable bonds is 11. The SMILES string of the molecule is COc1ccc(N=C(C)C(=CN)/C(N)=C/N(N)c2cc(C(=O)Nc3cc(C(C)(C)C)cc(NS(C)(=O)=O)c3OC)ccc2C)cc1. The minimum Gasteiger partial charge on any atom is -0.497 e. The molecule has 3 aromatic carbocycles. The molecule has 0 atom stereocenters. The van der Waals surface area contributed by atoms with Gasteiger partial charge < -0.3 is 26.3 Å². The van der Waals surface area contributed by atoms with Gasteiger partial charge in [0.2, 0.25) is 10.0 Å². The van der Waals surface area contributed by atoms with Gasteiger partial charge in [-0.1, -0.05) is 26.8 Å². The number of nitrogens with one attached hydrogen (secondary N) is 2. The molecule has 8 N–H and O–H groups in total. The van der Waals surface area contributed by atoms with Crippen molar-refractivity contribution in [2.75, 3.05) is 35.5 Å². The first-order valence-electron chi connectivity index (χ1n) is 14.2. The van der Waals surface area contributed by atoms with Gasteiger partial charge in [0.15, 0.2) is 5.75 Å². The number of hydrazine groups is 1. The number of aryl methyl sites for hydroxylation is 1. The number of methoxy groups -OCH3 is 2. The Morgan fingerprint density at radius 1 is 1.00 bits per heavy atom. The second kappa shape index (κ2) is 14.4. The van der Waals surface area contributed by atoms with Gasteiger partial charge in [-0.3, -0.25) is 19.5 Å². The number of benzene rings is 3. The van der Waals surface area contributed by atoms with Crippen molar-refractivity contribution in [1.82, 2.24) is 0 Å². The molecule has 13 heteroatoms. The van der Waals surface area contributed by atoms with E-state index < -0.39 is 15.9 Å².